The predicted molar refractivity (Wildman–Crippen MR) is 68.2 cm³/mol. The van der Waals surface area contributed by atoms with Crippen molar-refractivity contribution in [3.05, 3.63) is 45.9 Å². The number of anilines is 1. The summed E-state index contributed by atoms with van der Waals surface area (Å²) >= 11 is 1.35. The average Bonchev–Trinajstić information content (AvgIpc) is 2.76. The highest BCUT2D eigenvalue weighted by atomic mass is 32.1. The van der Waals surface area contributed by atoms with Gasteiger partial charge in [-0.25, -0.2) is 4.79 Å². The van der Waals surface area contributed by atoms with Gasteiger partial charge in [0.15, 0.2) is 0 Å². The Labute approximate surface area is 107 Å². The lowest BCUT2D eigenvalue weighted by atomic mass is 10.2. The molecule has 0 unspecified atom stereocenters. The highest BCUT2D eigenvalue weighted by Gasteiger charge is 2.14. The number of carboxylic acid groups (broad SMARTS) is 1. The SMILES string of the molecule is Cc1ccc(C(=O)Nc2cnccc2C(=O)O)s1. The van der Waals surface area contributed by atoms with Gasteiger partial charge in [-0.1, -0.05) is 0 Å². The Morgan fingerprint density at radius 1 is 1.33 bits per heavy atom. The summed E-state index contributed by atoms with van der Waals surface area (Å²) < 4.78 is 0. The molecule has 18 heavy (non-hydrogen) atoms. The fourth-order valence-corrected chi connectivity index (χ4v) is 2.18. The average molecular weight is 262 g/mol. The Morgan fingerprint density at radius 3 is 2.72 bits per heavy atom. The van der Waals surface area contributed by atoms with Crippen LogP contribution in [0.4, 0.5) is 5.69 Å². The van der Waals surface area contributed by atoms with Gasteiger partial charge >= 0.3 is 5.97 Å². The lowest BCUT2D eigenvalue weighted by molar-refractivity contribution is 0.0698. The van der Waals surface area contributed by atoms with Gasteiger partial charge in [-0.2, -0.15) is 0 Å². The second kappa shape index (κ2) is 4.97. The van der Waals surface area contributed by atoms with Crippen LogP contribution in [0.2, 0.25) is 0 Å². The molecule has 2 aromatic rings. The molecule has 5 nitrogen and oxygen atoms in total. The first kappa shape index (κ1) is 12.3. The van der Waals surface area contributed by atoms with E-state index in [4.69, 9.17) is 5.11 Å². The molecule has 0 radical (unpaired) electrons. The van der Waals surface area contributed by atoms with Gasteiger partial charge in [-0.05, 0) is 25.1 Å². The van der Waals surface area contributed by atoms with Crippen molar-refractivity contribution in [3.63, 3.8) is 0 Å². The van der Waals surface area contributed by atoms with Gasteiger partial charge in [0.05, 0.1) is 22.3 Å². The van der Waals surface area contributed by atoms with E-state index in [2.05, 4.69) is 10.3 Å². The summed E-state index contributed by atoms with van der Waals surface area (Å²) in [6, 6.07) is 4.88. The van der Waals surface area contributed by atoms with E-state index in [1.165, 1.54) is 29.8 Å². The van der Waals surface area contributed by atoms with Crippen molar-refractivity contribution in [2.45, 2.75) is 6.92 Å². The first-order chi connectivity index (χ1) is 8.58. The fraction of sp³-hybridized carbons (Fsp3) is 0.0833. The Morgan fingerprint density at radius 2 is 2.11 bits per heavy atom. The summed E-state index contributed by atoms with van der Waals surface area (Å²) in [5.41, 5.74) is 0.215. The smallest absolute Gasteiger partial charge is 0.337 e. The van der Waals surface area contributed by atoms with Crippen LogP contribution < -0.4 is 5.32 Å². The maximum Gasteiger partial charge on any atom is 0.337 e. The number of aromatic nitrogens is 1. The zero-order valence-corrected chi connectivity index (χ0v) is 10.3. The molecule has 0 saturated heterocycles. The van der Waals surface area contributed by atoms with Crippen LogP contribution in [0.3, 0.4) is 0 Å². The van der Waals surface area contributed by atoms with Gasteiger partial charge in [0.2, 0.25) is 0 Å². The summed E-state index contributed by atoms with van der Waals surface area (Å²) in [6.45, 7) is 1.90. The lowest BCUT2D eigenvalue weighted by Gasteiger charge is -2.06. The number of hydrogen-bond acceptors (Lipinski definition) is 4. The molecule has 2 rings (SSSR count). The molecule has 0 aromatic carbocycles. The van der Waals surface area contributed by atoms with E-state index in [0.717, 1.165) is 4.88 Å². The number of thiophene rings is 1. The molecule has 0 aliphatic heterocycles. The standard InChI is InChI=1S/C12H10N2O3S/c1-7-2-3-10(18-7)11(15)14-9-6-13-5-4-8(9)12(16)17/h2-6H,1H3,(H,14,15)(H,16,17). The minimum absolute atomic E-state index is 0.0200. The van der Waals surface area contributed by atoms with E-state index >= 15 is 0 Å². The molecule has 92 valence electrons. The number of hydrogen-bond donors (Lipinski definition) is 2. The molecule has 0 bridgehead atoms. The first-order valence-electron chi connectivity index (χ1n) is 5.13. The van der Waals surface area contributed by atoms with Crippen LogP contribution in [0, 0.1) is 6.92 Å². The van der Waals surface area contributed by atoms with E-state index in [1.807, 2.05) is 13.0 Å². The first-order valence-corrected chi connectivity index (χ1v) is 5.94. The predicted octanol–water partition coefficient (Wildman–Crippen LogP) is 2.40. The number of carbonyl (C=O) groups excluding carboxylic acids is 1. The Balaban J connectivity index is 2.24. The number of nitrogens with one attached hydrogen (secondary N) is 1. The monoisotopic (exact) mass is 262 g/mol. The molecule has 2 N–H and O–H groups in total. The van der Waals surface area contributed by atoms with Gasteiger partial charge in [0, 0.05) is 11.1 Å². The molecule has 6 heteroatoms. The maximum absolute atomic E-state index is 11.9. The van der Waals surface area contributed by atoms with Crippen LogP contribution in [0.15, 0.2) is 30.6 Å². The van der Waals surface area contributed by atoms with E-state index < -0.39 is 5.97 Å². The van der Waals surface area contributed by atoms with Gasteiger partial charge in [0.25, 0.3) is 5.91 Å². The molecule has 0 atom stereocenters. The number of amides is 1. The summed E-state index contributed by atoms with van der Waals surface area (Å²) in [5.74, 6) is -1.43. The molecule has 0 saturated carbocycles. The molecule has 1 amide bonds. The molecule has 0 fully saturated rings. The molecule has 0 aliphatic rings. The third kappa shape index (κ3) is 2.54. The number of aryl methyl sites for hydroxylation is 1. The van der Waals surface area contributed by atoms with Crippen LogP contribution in [0.5, 0.6) is 0 Å². The third-order valence-electron chi connectivity index (χ3n) is 2.26. The minimum atomic E-state index is -1.10. The summed E-state index contributed by atoms with van der Waals surface area (Å²) in [5, 5.41) is 11.5. The van der Waals surface area contributed by atoms with Crippen molar-refractivity contribution in [1.82, 2.24) is 4.98 Å². The Bertz CT molecular complexity index is 607. The van der Waals surface area contributed by atoms with Crippen LogP contribution in [0.1, 0.15) is 24.9 Å². The van der Waals surface area contributed by atoms with Gasteiger partial charge in [0.1, 0.15) is 0 Å². The van der Waals surface area contributed by atoms with Crippen LogP contribution in [-0.4, -0.2) is 22.0 Å². The van der Waals surface area contributed by atoms with E-state index in [-0.39, 0.29) is 17.2 Å². The number of rotatable bonds is 3. The van der Waals surface area contributed by atoms with Crippen LogP contribution >= 0.6 is 11.3 Å². The summed E-state index contributed by atoms with van der Waals surface area (Å²) in [4.78, 5) is 28.2. The zero-order chi connectivity index (χ0) is 13.1. The molecule has 0 spiro atoms. The quantitative estimate of drug-likeness (QED) is 0.890. The third-order valence-corrected chi connectivity index (χ3v) is 3.26. The fourth-order valence-electron chi connectivity index (χ4n) is 1.42. The number of pyridine rings is 1. The summed E-state index contributed by atoms with van der Waals surface area (Å²) in [7, 11) is 0. The van der Waals surface area contributed by atoms with E-state index in [0.29, 0.717) is 4.88 Å². The molecular formula is C12H10N2O3S. The number of aromatic carboxylic acids is 1. The van der Waals surface area contributed by atoms with Crippen molar-refractivity contribution in [1.29, 1.82) is 0 Å². The molecular weight excluding hydrogens is 252 g/mol. The Kier molecular flexibility index (Phi) is 3.38. The van der Waals surface area contributed by atoms with Gasteiger partial charge in [-0.15, -0.1) is 11.3 Å². The largest absolute Gasteiger partial charge is 0.478 e. The number of nitrogens with zero attached hydrogens (tertiary/aromatic N) is 1. The summed E-state index contributed by atoms with van der Waals surface area (Å²) in [6.07, 6.45) is 2.69. The Hall–Kier alpha value is -2.21. The van der Waals surface area contributed by atoms with Crippen molar-refractivity contribution in [2.75, 3.05) is 5.32 Å². The molecule has 0 aliphatic carbocycles. The molecule has 2 aromatic heterocycles. The second-order valence-electron chi connectivity index (χ2n) is 3.59. The van der Waals surface area contributed by atoms with Crippen LogP contribution in [-0.2, 0) is 0 Å². The maximum atomic E-state index is 11.9. The minimum Gasteiger partial charge on any atom is -0.478 e. The van der Waals surface area contributed by atoms with Crippen molar-refractivity contribution < 1.29 is 14.7 Å². The van der Waals surface area contributed by atoms with Crippen molar-refractivity contribution in [3.8, 4) is 0 Å². The van der Waals surface area contributed by atoms with Crippen LogP contribution in [0.25, 0.3) is 0 Å². The number of carbonyl (C=O) groups is 2. The van der Waals surface area contributed by atoms with Crippen molar-refractivity contribution >= 4 is 28.9 Å². The highest BCUT2D eigenvalue weighted by Crippen LogP contribution is 2.19. The lowest BCUT2D eigenvalue weighted by Crippen LogP contribution is -2.13. The zero-order valence-electron chi connectivity index (χ0n) is 9.51. The topological polar surface area (TPSA) is 79.3 Å². The van der Waals surface area contributed by atoms with Gasteiger partial charge < -0.3 is 10.4 Å². The van der Waals surface area contributed by atoms with Crippen molar-refractivity contribution in [2.24, 2.45) is 0 Å². The van der Waals surface area contributed by atoms with E-state index in [9.17, 15) is 9.59 Å². The highest BCUT2D eigenvalue weighted by molar-refractivity contribution is 7.14. The van der Waals surface area contributed by atoms with E-state index in [1.54, 1.807) is 6.07 Å². The number of carboxylic acids is 1. The second-order valence-corrected chi connectivity index (χ2v) is 4.88. The van der Waals surface area contributed by atoms with Gasteiger partial charge in [-0.3, -0.25) is 9.78 Å². The molecule has 2 heterocycles. The normalized spacial score (nSPS) is 10.1.